The van der Waals surface area contributed by atoms with Crippen molar-refractivity contribution in [2.24, 2.45) is 5.41 Å². The third-order valence-corrected chi connectivity index (χ3v) is 4.95. The summed E-state index contributed by atoms with van der Waals surface area (Å²) in [5.41, 5.74) is 6.89. The Morgan fingerprint density at radius 3 is 2.32 bits per heavy atom. The van der Waals surface area contributed by atoms with Crippen molar-refractivity contribution in [2.45, 2.75) is 67.7 Å². The molecular formula is C23H34O2. The lowest BCUT2D eigenvalue weighted by molar-refractivity contribution is -0.139. The molecule has 0 aromatic rings. The molecule has 1 aliphatic carbocycles. The molecule has 0 N–H and O–H groups in total. The highest BCUT2D eigenvalue weighted by molar-refractivity contribution is 5.66. The average Bonchev–Trinajstić information content (AvgIpc) is 2.50. The second kappa shape index (κ2) is 9.60. The molecule has 0 radical (unpaired) electrons. The molecule has 0 aromatic heterocycles. The molecule has 0 bridgehead atoms. The molecule has 0 heterocycles. The van der Waals surface area contributed by atoms with Crippen molar-refractivity contribution in [3.63, 3.8) is 0 Å². The summed E-state index contributed by atoms with van der Waals surface area (Å²) in [5.74, 6) is -0.250. The zero-order valence-corrected chi connectivity index (χ0v) is 17.0. The van der Waals surface area contributed by atoms with Gasteiger partial charge in [-0.15, -0.1) is 0 Å². The van der Waals surface area contributed by atoms with Gasteiger partial charge in [0.05, 0.1) is 0 Å². The highest BCUT2D eigenvalue weighted by Gasteiger charge is 2.26. The van der Waals surface area contributed by atoms with E-state index in [1.54, 1.807) is 0 Å². The van der Waals surface area contributed by atoms with Gasteiger partial charge in [-0.05, 0) is 75.2 Å². The summed E-state index contributed by atoms with van der Waals surface area (Å²) in [6.45, 7) is 15.0. The van der Waals surface area contributed by atoms with Crippen molar-refractivity contribution < 1.29 is 9.53 Å². The number of hydrogen-bond donors (Lipinski definition) is 0. The van der Waals surface area contributed by atoms with Crippen LogP contribution in [0.5, 0.6) is 0 Å². The summed E-state index contributed by atoms with van der Waals surface area (Å²) < 4.78 is 4.92. The minimum atomic E-state index is -0.250. The summed E-state index contributed by atoms with van der Waals surface area (Å²) in [4.78, 5) is 10.8. The van der Waals surface area contributed by atoms with Crippen LogP contribution in [-0.4, -0.2) is 12.6 Å². The van der Waals surface area contributed by atoms with E-state index in [0.717, 1.165) is 5.57 Å². The standard InChI is InChI=1S/C23H34O2/c1-17(14-16-25-21(5)24)10-11-18(2)19(3)12-13-22-20(4)9-8-15-23(22,6)7/h10-14H,8-9,15-16H2,1-7H3/b11-10+,13-12+,17-14+,19-18+. The number of ether oxygens (including phenoxy) is 1. The van der Waals surface area contributed by atoms with Crippen LogP contribution in [0.25, 0.3) is 0 Å². The molecule has 0 aromatic carbocycles. The van der Waals surface area contributed by atoms with Crippen LogP contribution in [0.15, 0.2) is 58.2 Å². The molecule has 0 amide bonds. The highest BCUT2D eigenvalue weighted by Crippen LogP contribution is 2.40. The topological polar surface area (TPSA) is 26.3 Å². The Morgan fingerprint density at radius 2 is 1.72 bits per heavy atom. The third-order valence-electron chi connectivity index (χ3n) is 4.95. The molecule has 0 aliphatic heterocycles. The number of hydrogen-bond acceptors (Lipinski definition) is 2. The van der Waals surface area contributed by atoms with Crippen LogP contribution in [0.4, 0.5) is 0 Å². The summed E-state index contributed by atoms with van der Waals surface area (Å²) in [7, 11) is 0. The first-order valence-electron chi connectivity index (χ1n) is 9.17. The van der Waals surface area contributed by atoms with Crippen LogP contribution in [0, 0.1) is 5.41 Å². The van der Waals surface area contributed by atoms with Crippen molar-refractivity contribution in [3.05, 3.63) is 58.2 Å². The molecule has 2 heteroatoms. The molecule has 25 heavy (non-hydrogen) atoms. The maximum Gasteiger partial charge on any atom is 0.302 e. The van der Waals surface area contributed by atoms with Crippen LogP contribution in [-0.2, 0) is 9.53 Å². The van der Waals surface area contributed by atoms with E-state index >= 15 is 0 Å². The zero-order chi connectivity index (χ0) is 19.0. The Hall–Kier alpha value is -1.83. The van der Waals surface area contributed by atoms with Crippen molar-refractivity contribution in [3.8, 4) is 0 Å². The molecule has 1 aliphatic rings. The van der Waals surface area contributed by atoms with Gasteiger partial charge in [0.25, 0.3) is 0 Å². The first kappa shape index (κ1) is 21.2. The van der Waals surface area contributed by atoms with E-state index in [1.807, 2.05) is 13.0 Å². The smallest absolute Gasteiger partial charge is 0.302 e. The quantitative estimate of drug-likeness (QED) is 0.408. The third kappa shape index (κ3) is 7.29. The second-order valence-electron chi connectivity index (χ2n) is 7.71. The Kier molecular flexibility index (Phi) is 8.15. The van der Waals surface area contributed by atoms with Gasteiger partial charge in [0, 0.05) is 6.92 Å². The first-order valence-corrected chi connectivity index (χ1v) is 9.17. The molecule has 138 valence electrons. The molecule has 0 spiro atoms. The Balaban J connectivity index is 2.81. The molecule has 2 nitrogen and oxygen atoms in total. The lowest BCUT2D eigenvalue weighted by Gasteiger charge is -2.33. The van der Waals surface area contributed by atoms with Crippen molar-refractivity contribution >= 4 is 5.97 Å². The van der Waals surface area contributed by atoms with E-state index in [4.69, 9.17) is 4.74 Å². The number of allylic oxidation sites excluding steroid dienone is 9. The van der Waals surface area contributed by atoms with Crippen LogP contribution < -0.4 is 0 Å². The molecular weight excluding hydrogens is 308 g/mol. The maximum atomic E-state index is 10.8. The summed E-state index contributed by atoms with van der Waals surface area (Å²) in [6.07, 6.45) is 14.4. The molecule has 0 saturated heterocycles. The highest BCUT2D eigenvalue weighted by atomic mass is 16.5. The molecule has 0 saturated carbocycles. The minimum Gasteiger partial charge on any atom is -0.462 e. The van der Waals surface area contributed by atoms with Crippen LogP contribution in [0.3, 0.4) is 0 Å². The second-order valence-corrected chi connectivity index (χ2v) is 7.71. The van der Waals surface area contributed by atoms with Crippen LogP contribution >= 0.6 is 0 Å². The molecule has 0 unspecified atom stereocenters. The van der Waals surface area contributed by atoms with E-state index in [2.05, 4.69) is 58.9 Å². The van der Waals surface area contributed by atoms with Crippen molar-refractivity contribution in [1.29, 1.82) is 0 Å². The average molecular weight is 343 g/mol. The van der Waals surface area contributed by atoms with Crippen LogP contribution in [0.1, 0.15) is 67.7 Å². The number of carbonyl (C=O) groups is 1. The fourth-order valence-electron chi connectivity index (χ4n) is 3.10. The zero-order valence-electron chi connectivity index (χ0n) is 17.0. The monoisotopic (exact) mass is 342 g/mol. The number of rotatable bonds is 6. The van der Waals surface area contributed by atoms with E-state index in [0.29, 0.717) is 6.61 Å². The maximum absolute atomic E-state index is 10.8. The lowest BCUT2D eigenvalue weighted by atomic mass is 9.72. The Labute approximate surface area is 154 Å². The molecule has 1 rings (SSSR count). The normalized spacial score (nSPS) is 19.6. The predicted octanol–water partition coefficient (Wildman–Crippen LogP) is 6.47. The van der Waals surface area contributed by atoms with Crippen molar-refractivity contribution in [2.75, 3.05) is 6.61 Å². The first-order chi connectivity index (χ1) is 11.6. The summed E-state index contributed by atoms with van der Waals surface area (Å²) in [5, 5.41) is 0. The lowest BCUT2D eigenvalue weighted by Crippen LogP contribution is -2.19. The van der Waals surface area contributed by atoms with E-state index in [9.17, 15) is 4.79 Å². The predicted molar refractivity (Wildman–Crippen MR) is 107 cm³/mol. The van der Waals surface area contributed by atoms with E-state index in [1.165, 1.54) is 48.5 Å². The van der Waals surface area contributed by atoms with Gasteiger partial charge in [0.1, 0.15) is 6.61 Å². The SMILES string of the molecule is CC(=O)OC/C=C(C)/C=C/C(C)=C(C)/C=C/C1=C(C)CCCC1(C)C. The number of carbonyl (C=O) groups excluding carboxylic acids is 1. The van der Waals surface area contributed by atoms with Crippen molar-refractivity contribution in [1.82, 2.24) is 0 Å². The minimum absolute atomic E-state index is 0.250. The van der Waals surface area contributed by atoms with Gasteiger partial charge in [-0.25, -0.2) is 0 Å². The fraction of sp³-hybridized carbons (Fsp3) is 0.522. The van der Waals surface area contributed by atoms with Gasteiger partial charge in [0.15, 0.2) is 0 Å². The van der Waals surface area contributed by atoms with Crippen LogP contribution in [0.2, 0.25) is 0 Å². The largest absolute Gasteiger partial charge is 0.462 e. The van der Waals surface area contributed by atoms with Gasteiger partial charge in [-0.2, -0.15) is 0 Å². The van der Waals surface area contributed by atoms with Gasteiger partial charge < -0.3 is 4.74 Å². The van der Waals surface area contributed by atoms with E-state index in [-0.39, 0.29) is 11.4 Å². The summed E-state index contributed by atoms with van der Waals surface area (Å²) >= 11 is 0. The summed E-state index contributed by atoms with van der Waals surface area (Å²) in [6, 6.07) is 0. The Bertz CT molecular complexity index is 637. The molecule has 0 fully saturated rings. The van der Waals surface area contributed by atoms with Gasteiger partial charge in [-0.1, -0.05) is 49.3 Å². The molecule has 0 atom stereocenters. The Morgan fingerprint density at radius 1 is 1.08 bits per heavy atom. The number of esters is 1. The van der Waals surface area contributed by atoms with Gasteiger partial charge >= 0.3 is 5.97 Å². The van der Waals surface area contributed by atoms with Gasteiger partial charge in [-0.3, -0.25) is 4.79 Å². The fourth-order valence-corrected chi connectivity index (χ4v) is 3.10. The van der Waals surface area contributed by atoms with Gasteiger partial charge in [0.2, 0.25) is 0 Å². The van der Waals surface area contributed by atoms with E-state index < -0.39 is 0 Å².